The minimum atomic E-state index is 0.0684. The number of nitrogens with zero attached hydrogens (tertiary/aromatic N) is 1. The Bertz CT molecular complexity index is 338. The number of ketones is 1. The molecule has 0 spiro atoms. The van der Waals surface area contributed by atoms with Gasteiger partial charge >= 0.3 is 0 Å². The minimum Gasteiger partial charge on any atom is -0.481 e. The van der Waals surface area contributed by atoms with Crippen LogP contribution in [0.1, 0.15) is 58.5 Å². The first-order valence-corrected chi connectivity index (χ1v) is 6.96. The van der Waals surface area contributed by atoms with E-state index in [0.717, 1.165) is 0 Å². The van der Waals surface area contributed by atoms with Gasteiger partial charge in [0.05, 0.1) is 7.11 Å². The molecule has 0 atom stereocenters. The third-order valence-electron chi connectivity index (χ3n) is 1.81. The number of methoxy groups -OCH3 is 1. The quantitative estimate of drug-likeness (QED) is 0.778. The van der Waals surface area contributed by atoms with Crippen LogP contribution in [-0.4, -0.2) is 24.7 Å². The van der Waals surface area contributed by atoms with Gasteiger partial charge in [-0.2, -0.15) is 0 Å². The van der Waals surface area contributed by atoms with Crippen molar-refractivity contribution in [3.8, 4) is 5.88 Å². The number of carbonyl (C=O) groups excluding carboxylic acids is 2. The fourth-order valence-corrected chi connectivity index (χ4v) is 1.16. The molecule has 20 heavy (non-hydrogen) atoms. The zero-order valence-corrected chi connectivity index (χ0v) is 13.9. The molecule has 0 aromatic carbocycles. The van der Waals surface area contributed by atoms with Gasteiger partial charge in [-0.25, -0.2) is 4.98 Å². The van der Waals surface area contributed by atoms with E-state index in [0.29, 0.717) is 23.9 Å². The second kappa shape index (κ2) is 17.3. The van der Waals surface area contributed by atoms with Crippen molar-refractivity contribution in [3.63, 3.8) is 0 Å². The van der Waals surface area contributed by atoms with E-state index in [9.17, 15) is 4.79 Å². The summed E-state index contributed by atoms with van der Waals surface area (Å²) in [5, 5.41) is 0. The van der Waals surface area contributed by atoms with Crippen LogP contribution in [0.2, 0.25) is 0 Å². The number of pyridine rings is 1. The maximum Gasteiger partial charge on any atom is 0.213 e. The van der Waals surface area contributed by atoms with Gasteiger partial charge in [0.15, 0.2) is 5.78 Å². The summed E-state index contributed by atoms with van der Waals surface area (Å²) >= 11 is 0. The average molecular weight is 283 g/mol. The van der Waals surface area contributed by atoms with Crippen molar-refractivity contribution in [2.75, 3.05) is 7.11 Å². The van der Waals surface area contributed by atoms with E-state index in [1.807, 2.05) is 48.3 Å². The lowest BCUT2D eigenvalue weighted by Crippen LogP contribution is -2.06. The van der Waals surface area contributed by atoms with E-state index >= 15 is 0 Å². The van der Waals surface area contributed by atoms with Crippen molar-refractivity contribution in [1.82, 2.24) is 4.98 Å². The van der Waals surface area contributed by atoms with Crippen molar-refractivity contribution in [1.29, 1.82) is 0 Å². The maximum absolute atomic E-state index is 11.6. The fraction of sp³-hybridized carbons (Fsp3) is 0.562. The Morgan fingerprint density at radius 3 is 2.10 bits per heavy atom. The zero-order chi connectivity index (χ0) is 16.6. The highest BCUT2D eigenvalue weighted by Gasteiger charge is 2.09. The molecule has 1 aromatic heterocycles. The summed E-state index contributed by atoms with van der Waals surface area (Å²) in [6, 6.07) is 5.22. The van der Waals surface area contributed by atoms with Gasteiger partial charge in [0, 0.05) is 12.5 Å². The molecule has 0 saturated heterocycles. The number of aromatic nitrogens is 1. The number of hydrogen-bond acceptors (Lipinski definition) is 4. The lowest BCUT2D eigenvalue weighted by Gasteiger charge is -2.04. The minimum absolute atomic E-state index is 0.0684. The van der Waals surface area contributed by atoms with E-state index in [1.165, 1.54) is 0 Å². The van der Waals surface area contributed by atoms with Crippen molar-refractivity contribution >= 4 is 12.6 Å². The first-order valence-electron chi connectivity index (χ1n) is 6.96. The molecular weight excluding hydrogens is 254 g/mol. The van der Waals surface area contributed by atoms with E-state index in [2.05, 4.69) is 4.98 Å². The number of rotatable bonds is 4. The summed E-state index contributed by atoms with van der Waals surface area (Å²) in [6.07, 6.45) is 0.528. The van der Waals surface area contributed by atoms with Crippen LogP contribution in [0.5, 0.6) is 5.88 Å². The molecule has 1 aromatic rings. The van der Waals surface area contributed by atoms with Gasteiger partial charge in [-0.05, 0) is 12.0 Å². The highest BCUT2D eigenvalue weighted by molar-refractivity contribution is 5.94. The predicted molar refractivity (Wildman–Crippen MR) is 84.4 cm³/mol. The van der Waals surface area contributed by atoms with E-state index in [4.69, 9.17) is 9.53 Å². The molecule has 0 amide bonds. The lowest BCUT2D eigenvalue weighted by molar-refractivity contribution is -0.0980. The molecule has 0 aliphatic heterocycles. The van der Waals surface area contributed by atoms with E-state index < -0.39 is 0 Å². The van der Waals surface area contributed by atoms with Crippen LogP contribution >= 0.6 is 0 Å². The molecule has 1 rings (SSSR count). The van der Waals surface area contributed by atoms with Crippen LogP contribution in [0.3, 0.4) is 0 Å². The van der Waals surface area contributed by atoms with Crippen molar-refractivity contribution in [3.05, 3.63) is 23.9 Å². The highest BCUT2D eigenvalue weighted by atomic mass is 16.5. The summed E-state index contributed by atoms with van der Waals surface area (Å²) in [7, 11) is 1.54. The van der Waals surface area contributed by atoms with Gasteiger partial charge in [0.25, 0.3) is 0 Å². The second-order valence-corrected chi connectivity index (χ2v) is 3.59. The van der Waals surface area contributed by atoms with Gasteiger partial charge in [-0.3, -0.25) is 4.79 Å². The first-order chi connectivity index (χ1) is 9.63. The van der Waals surface area contributed by atoms with Crippen LogP contribution < -0.4 is 4.74 Å². The van der Waals surface area contributed by atoms with E-state index in [-0.39, 0.29) is 5.78 Å². The molecule has 0 aliphatic rings. The number of carbonyl (C=O) groups is 2. The molecule has 0 saturated carbocycles. The highest BCUT2D eigenvalue weighted by Crippen LogP contribution is 2.11. The Labute approximate surface area is 123 Å². The van der Waals surface area contributed by atoms with Crippen molar-refractivity contribution < 1.29 is 14.3 Å². The summed E-state index contributed by atoms with van der Waals surface area (Å²) in [4.78, 5) is 23.7. The van der Waals surface area contributed by atoms with Gasteiger partial charge in [0.1, 0.15) is 12.5 Å². The lowest BCUT2D eigenvalue weighted by atomic mass is 10.1. The molecule has 0 radical (unpaired) electrons. The van der Waals surface area contributed by atoms with Crippen LogP contribution in [0.25, 0.3) is 0 Å². The molecule has 0 N–H and O–H groups in total. The van der Waals surface area contributed by atoms with Crippen molar-refractivity contribution in [2.24, 2.45) is 5.92 Å². The Balaban J connectivity index is -0.000000425. The molecule has 0 unspecified atom stereocenters. The summed E-state index contributed by atoms with van der Waals surface area (Å²) in [5.74, 6) is 0.911. The number of hydrogen-bond donors (Lipinski definition) is 0. The van der Waals surface area contributed by atoms with Gasteiger partial charge in [0.2, 0.25) is 5.88 Å². The standard InChI is InChI=1S/C11H15NO2.2C2H6.CH2O/c1-8(2)7-10(13)9-5-4-6-11(12-9)14-3;3*1-2/h4-6,8H,7H2,1-3H3;2*1-2H3;1H2. The Morgan fingerprint density at radius 1 is 1.20 bits per heavy atom. The molecule has 1 heterocycles. The first kappa shape index (κ1) is 23.4. The van der Waals surface area contributed by atoms with Crippen LogP contribution in [0, 0.1) is 5.92 Å². The third kappa shape index (κ3) is 11.4. The van der Waals surface area contributed by atoms with Crippen LogP contribution in [0.4, 0.5) is 0 Å². The van der Waals surface area contributed by atoms with Crippen molar-refractivity contribution in [2.45, 2.75) is 48.0 Å². The second-order valence-electron chi connectivity index (χ2n) is 3.59. The molecular formula is C16H29NO3. The number of Topliss-reactive ketones (excluding diaryl/α,β-unsaturated/α-hetero) is 1. The van der Waals surface area contributed by atoms with E-state index in [1.54, 1.807) is 25.3 Å². The normalized spacial score (nSPS) is 8.00. The van der Waals surface area contributed by atoms with Crippen LogP contribution in [-0.2, 0) is 4.79 Å². The molecule has 0 aliphatic carbocycles. The predicted octanol–water partition coefficient (Wildman–Crippen LogP) is 4.19. The number of ether oxygens (including phenoxy) is 1. The van der Waals surface area contributed by atoms with Gasteiger partial charge < -0.3 is 9.53 Å². The zero-order valence-electron chi connectivity index (χ0n) is 13.9. The summed E-state index contributed by atoms with van der Waals surface area (Å²) in [5.41, 5.74) is 0.484. The SMILES string of the molecule is C=O.CC.CC.COc1cccc(C(=O)CC(C)C)n1. The molecule has 4 nitrogen and oxygen atoms in total. The summed E-state index contributed by atoms with van der Waals surface area (Å²) < 4.78 is 4.95. The van der Waals surface area contributed by atoms with Gasteiger partial charge in [-0.15, -0.1) is 0 Å². The molecule has 4 heteroatoms. The van der Waals surface area contributed by atoms with Crippen LogP contribution in [0.15, 0.2) is 18.2 Å². The monoisotopic (exact) mass is 283 g/mol. The smallest absolute Gasteiger partial charge is 0.213 e. The average Bonchev–Trinajstić information content (AvgIpc) is 2.52. The molecule has 116 valence electrons. The Hall–Kier alpha value is -1.71. The maximum atomic E-state index is 11.6. The Kier molecular flexibility index (Phi) is 20.2. The summed E-state index contributed by atoms with van der Waals surface area (Å²) in [6.45, 7) is 14.0. The third-order valence-corrected chi connectivity index (χ3v) is 1.81. The topological polar surface area (TPSA) is 56.3 Å². The Morgan fingerprint density at radius 2 is 1.70 bits per heavy atom. The molecule has 0 fully saturated rings. The molecule has 0 bridgehead atoms. The fourth-order valence-electron chi connectivity index (χ4n) is 1.16. The van der Waals surface area contributed by atoms with Gasteiger partial charge in [-0.1, -0.05) is 47.6 Å². The largest absolute Gasteiger partial charge is 0.481 e.